The molecule has 8 nitrogen and oxygen atoms in total. The van der Waals surface area contributed by atoms with Gasteiger partial charge in [0.25, 0.3) is 5.69 Å². The molecular weight excluding hydrogens is 298 g/mol. The minimum atomic E-state index is -0.409. The Morgan fingerprint density at radius 3 is 2.61 bits per heavy atom. The number of carbonyl (C=O) groups excluding carboxylic acids is 1. The first-order valence-corrected chi connectivity index (χ1v) is 7.34. The molecule has 1 amide bonds. The Morgan fingerprint density at radius 2 is 2.04 bits per heavy atom. The molecule has 120 valence electrons. The number of hydrogen-bond acceptors (Lipinski definition) is 5. The van der Waals surface area contributed by atoms with Gasteiger partial charge in [-0.05, 0) is 19.1 Å². The van der Waals surface area contributed by atoms with Crippen LogP contribution in [0.1, 0.15) is 6.92 Å². The highest BCUT2D eigenvalue weighted by atomic mass is 16.6. The van der Waals surface area contributed by atoms with Gasteiger partial charge in [0.1, 0.15) is 6.33 Å². The number of carbonyl (C=O) groups is 1. The van der Waals surface area contributed by atoms with Crippen LogP contribution in [-0.4, -0.2) is 51.1 Å². The second-order valence-electron chi connectivity index (χ2n) is 5.51. The Kier molecular flexibility index (Phi) is 3.96. The molecule has 2 aromatic rings. The van der Waals surface area contributed by atoms with E-state index in [9.17, 15) is 14.9 Å². The number of hydrogen-bond donors (Lipinski definition) is 0. The number of benzene rings is 1. The summed E-state index contributed by atoms with van der Waals surface area (Å²) in [5, 5.41) is 10.7. The fourth-order valence-corrected chi connectivity index (χ4v) is 2.78. The topological polar surface area (TPSA) is 84.5 Å². The maximum atomic E-state index is 12.4. The average molecular weight is 315 g/mol. The summed E-state index contributed by atoms with van der Waals surface area (Å²) in [5.74, 6) is 0. The minimum Gasteiger partial charge on any atom is -0.368 e. The Hall–Kier alpha value is -2.90. The van der Waals surface area contributed by atoms with E-state index in [4.69, 9.17) is 0 Å². The molecule has 1 aliphatic rings. The van der Waals surface area contributed by atoms with E-state index in [-0.39, 0.29) is 17.8 Å². The number of nitro groups is 1. The largest absolute Gasteiger partial charge is 0.368 e. The maximum Gasteiger partial charge on any atom is 0.329 e. The van der Waals surface area contributed by atoms with Gasteiger partial charge in [-0.25, -0.2) is 9.78 Å². The van der Waals surface area contributed by atoms with E-state index >= 15 is 0 Å². The number of nitro benzene ring substituents is 1. The second-order valence-corrected chi connectivity index (χ2v) is 5.51. The smallest absolute Gasteiger partial charge is 0.329 e. The maximum absolute atomic E-state index is 12.4. The van der Waals surface area contributed by atoms with E-state index in [1.807, 2.05) is 11.8 Å². The summed E-state index contributed by atoms with van der Waals surface area (Å²) in [6, 6.07) is 6.45. The number of aromatic nitrogens is 2. The highest BCUT2D eigenvalue weighted by Crippen LogP contribution is 2.22. The lowest BCUT2D eigenvalue weighted by Gasteiger charge is -2.40. The van der Waals surface area contributed by atoms with Crippen LogP contribution in [0.5, 0.6) is 0 Å². The number of imidazole rings is 1. The first kappa shape index (κ1) is 15.0. The van der Waals surface area contributed by atoms with Gasteiger partial charge in [0.15, 0.2) is 0 Å². The van der Waals surface area contributed by atoms with E-state index in [1.165, 1.54) is 23.0 Å². The van der Waals surface area contributed by atoms with Crippen LogP contribution in [0.3, 0.4) is 0 Å². The van der Waals surface area contributed by atoms with Crippen molar-refractivity contribution in [3.05, 3.63) is 53.1 Å². The quantitative estimate of drug-likeness (QED) is 0.625. The molecule has 0 unspecified atom stereocenters. The number of anilines is 1. The molecule has 0 bridgehead atoms. The van der Waals surface area contributed by atoms with Crippen LogP contribution in [0.15, 0.2) is 43.0 Å². The molecule has 1 aromatic carbocycles. The highest BCUT2D eigenvalue weighted by molar-refractivity contribution is 5.77. The lowest BCUT2D eigenvalue weighted by molar-refractivity contribution is -0.384. The molecule has 8 heteroatoms. The zero-order valence-electron chi connectivity index (χ0n) is 12.7. The predicted molar refractivity (Wildman–Crippen MR) is 84.5 cm³/mol. The van der Waals surface area contributed by atoms with Crippen molar-refractivity contribution in [2.24, 2.45) is 0 Å². The standard InChI is InChI=1S/C15H17N5O3/c1-12-10-17(13-2-4-14(5-3-13)20(22)23)8-9-19(12)15(21)18-7-6-16-11-18/h2-7,11-12H,8-10H2,1H3/t12-/m1/s1. The van der Waals surface area contributed by atoms with Gasteiger partial charge in [0.05, 0.1) is 4.92 Å². The van der Waals surface area contributed by atoms with E-state index in [2.05, 4.69) is 9.88 Å². The van der Waals surface area contributed by atoms with Gasteiger partial charge in [-0.2, -0.15) is 0 Å². The molecule has 2 heterocycles. The van der Waals surface area contributed by atoms with Crippen LogP contribution in [0.4, 0.5) is 16.2 Å². The fourth-order valence-electron chi connectivity index (χ4n) is 2.78. The number of piperazine rings is 1. The monoisotopic (exact) mass is 315 g/mol. The van der Waals surface area contributed by atoms with E-state index < -0.39 is 4.92 Å². The van der Waals surface area contributed by atoms with Crippen LogP contribution >= 0.6 is 0 Å². The molecule has 1 aliphatic heterocycles. The first-order chi connectivity index (χ1) is 11.1. The zero-order valence-corrected chi connectivity index (χ0v) is 12.7. The van der Waals surface area contributed by atoms with E-state index in [0.717, 1.165) is 5.69 Å². The Labute approximate surface area is 133 Å². The van der Waals surface area contributed by atoms with Gasteiger partial charge in [0, 0.05) is 55.9 Å². The molecule has 0 N–H and O–H groups in total. The van der Waals surface area contributed by atoms with Crippen LogP contribution in [0, 0.1) is 10.1 Å². The van der Waals surface area contributed by atoms with Crippen molar-refractivity contribution in [2.45, 2.75) is 13.0 Å². The fraction of sp³-hybridized carbons (Fsp3) is 0.333. The van der Waals surface area contributed by atoms with Gasteiger partial charge < -0.3 is 9.80 Å². The van der Waals surface area contributed by atoms with Crippen LogP contribution < -0.4 is 4.90 Å². The lowest BCUT2D eigenvalue weighted by atomic mass is 10.1. The minimum absolute atomic E-state index is 0.0360. The number of amides is 1. The molecule has 0 radical (unpaired) electrons. The van der Waals surface area contributed by atoms with Crippen LogP contribution in [0.25, 0.3) is 0 Å². The highest BCUT2D eigenvalue weighted by Gasteiger charge is 2.28. The van der Waals surface area contributed by atoms with E-state index in [0.29, 0.717) is 19.6 Å². The molecule has 0 spiro atoms. The van der Waals surface area contributed by atoms with Gasteiger partial charge in [-0.15, -0.1) is 0 Å². The van der Waals surface area contributed by atoms with Gasteiger partial charge in [-0.3, -0.25) is 14.7 Å². The van der Waals surface area contributed by atoms with Crippen molar-refractivity contribution in [1.29, 1.82) is 0 Å². The second kappa shape index (κ2) is 6.07. The normalized spacial score (nSPS) is 18.0. The van der Waals surface area contributed by atoms with Gasteiger partial charge >= 0.3 is 6.03 Å². The van der Waals surface area contributed by atoms with Crippen molar-refractivity contribution >= 4 is 17.4 Å². The van der Waals surface area contributed by atoms with Crippen molar-refractivity contribution < 1.29 is 9.72 Å². The molecular formula is C15H17N5O3. The summed E-state index contributed by atoms with van der Waals surface area (Å²) in [4.78, 5) is 30.5. The van der Waals surface area contributed by atoms with Crippen molar-refractivity contribution in [1.82, 2.24) is 14.5 Å². The summed E-state index contributed by atoms with van der Waals surface area (Å²) in [6.45, 7) is 3.95. The summed E-state index contributed by atoms with van der Waals surface area (Å²) in [6.07, 6.45) is 4.71. The van der Waals surface area contributed by atoms with Crippen molar-refractivity contribution in [2.75, 3.05) is 24.5 Å². The summed E-state index contributed by atoms with van der Waals surface area (Å²) in [5.41, 5.74) is 1.01. The third kappa shape index (κ3) is 3.01. The van der Waals surface area contributed by atoms with Crippen LogP contribution in [0.2, 0.25) is 0 Å². The number of non-ortho nitro benzene ring substituents is 1. The predicted octanol–water partition coefficient (Wildman–Crippen LogP) is 1.97. The number of nitrogens with zero attached hydrogens (tertiary/aromatic N) is 5. The van der Waals surface area contributed by atoms with E-state index in [1.54, 1.807) is 24.5 Å². The summed E-state index contributed by atoms with van der Waals surface area (Å²) < 4.78 is 1.47. The average Bonchev–Trinajstić information content (AvgIpc) is 3.08. The Balaban J connectivity index is 1.68. The molecule has 1 aromatic heterocycles. The third-order valence-corrected chi connectivity index (χ3v) is 4.02. The molecule has 1 saturated heterocycles. The Bertz CT molecular complexity index is 698. The zero-order chi connectivity index (χ0) is 16.4. The molecule has 0 aliphatic carbocycles. The summed E-state index contributed by atoms with van der Waals surface area (Å²) >= 11 is 0. The molecule has 1 atom stereocenters. The van der Waals surface area contributed by atoms with Crippen molar-refractivity contribution in [3.8, 4) is 0 Å². The first-order valence-electron chi connectivity index (χ1n) is 7.34. The molecule has 1 fully saturated rings. The molecule has 0 saturated carbocycles. The molecule has 23 heavy (non-hydrogen) atoms. The Morgan fingerprint density at radius 1 is 1.30 bits per heavy atom. The summed E-state index contributed by atoms with van der Waals surface area (Å²) in [7, 11) is 0. The van der Waals surface area contributed by atoms with Crippen LogP contribution in [-0.2, 0) is 0 Å². The lowest BCUT2D eigenvalue weighted by Crippen LogP contribution is -2.55. The third-order valence-electron chi connectivity index (χ3n) is 4.02. The van der Waals surface area contributed by atoms with Gasteiger partial charge in [0.2, 0.25) is 0 Å². The SMILES string of the molecule is C[C@@H]1CN(c2ccc([N+](=O)[O-])cc2)CCN1C(=O)n1ccnc1. The number of rotatable bonds is 2. The van der Waals surface area contributed by atoms with Gasteiger partial charge in [-0.1, -0.05) is 0 Å². The van der Waals surface area contributed by atoms with Crippen molar-refractivity contribution in [3.63, 3.8) is 0 Å². The molecule has 3 rings (SSSR count).